The molecule has 1 fully saturated rings. The van der Waals surface area contributed by atoms with E-state index < -0.39 is 17.6 Å². The van der Waals surface area contributed by atoms with Crippen LogP contribution in [0.15, 0.2) is 54.9 Å². The Morgan fingerprint density at radius 1 is 1.13 bits per heavy atom. The summed E-state index contributed by atoms with van der Waals surface area (Å²) in [5.74, 6) is -0.348. The number of benzene rings is 1. The largest absolute Gasteiger partial charge is 0.472 e. The van der Waals surface area contributed by atoms with Crippen LogP contribution in [0.25, 0.3) is 11.3 Å². The lowest BCUT2D eigenvalue weighted by Crippen LogP contribution is -2.24. The number of anilines is 1. The maximum absolute atomic E-state index is 13.4. The lowest BCUT2D eigenvalue weighted by molar-refractivity contribution is -0.139. The van der Waals surface area contributed by atoms with Crippen LogP contribution in [-0.4, -0.2) is 46.1 Å². The molecule has 0 unspecified atom stereocenters. The molecule has 4 rings (SSSR count). The smallest absolute Gasteiger partial charge is 0.423 e. The molecule has 3 aromatic rings. The summed E-state index contributed by atoms with van der Waals surface area (Å²) in [6, 6.07) is 13.4. The molecule has 0 amide bonds. The van der Waals surface area contributed by atoms with E-state index in [0.717, 1.165) is 29.6 Å². The minimum absolute atomic E-state index is 0.0863. The third kappa shape index (κ3) is 5.29. The number of nitrogens with one attached hydrogen (secondary N) is 1. The van der Waals surface area contributed by atoms with Gasteiger partial charge in [-0.1, -0.05) is 30.3 Å². The molecule has 0 saturated carbocycles. The van der Waals surface area contributed by atoms with Crippen molar-refractivity contribution in [3.8, 4) is 17.1 Å². The number of ether oxygens (including phenoxy) is 1. The first-order valence-electron chi connectivity index (χ1n) is 9.92. The van der Waals surface area contributed by atoms with Crippen molar-refractivity contribution in [3.05, 3.63) is 66.0 Å². The summed E-state index contributed by atoms with van der Waals surface area (Å²) in [6.07, 6.45) is -1.75. The van der Waals surface area contributed by atoms with E-state index in [1.807, 2.05) is 54.4 Å². The number of alkyl halides is 3. The molecule has 1 atom stereocenters. The summed E-state index contributed by atoms with van der Waals surface area (Å²) in [5, 5.41) is 2.98. The highest BCUT2D eigenvalue weighted by Crippen LogP contribution is 2.36. The van der Waals surface area contributed by atoms with Gasteiger partial charge in [0, 0.05) is 37.6 Å². The Kier molecular flexibility index (Phi) is 6.03. The van der Waals surface area contributed by atoms with E-state index in [1.165, 1.54) is 0 Å². The SMILES string of the molecule is CN1CC[C@@H](Oc2nc(NCc3ccc(-c4ccccn4)cc3)ncc2C(F)(F)F)C1. The van der Waals surface area contributed by atoms with Gasteiger partial charge in [0.05, 0.1) is 5.69 Å². The predicted octanol–water partition coefficient (Wildman–Crippen LogP) is 4.25. The summed E-state index contributed by atoms with van der Waals surface area (Å²) in [5.41, 5.74) is 1.81. The van der Waals surface area contributed by atoms with Crippen LogP contribution in [0.2, 0.25) is 0 Å². The third-order valence-electron chi connectivity index (χ3n) is 5.05. The number of hydrogen-bond donors (Lipinski definition) is 1. The van der Waals surface area contributed by atoms with Gasteiger partial charge in [0.15, 0.2) is 0 Å². The summed E-state index contributed by atoms with van der Waals surface area (Å²) in [6.45, 7) is 1.70. The number of aromatic nitrogens is 3. The van der Waals surface area contributed by atoms with E-state index >= 15 is 0 Å². The van der Waals surface area contributed by atoms with Crippen molar-refractivity contribution < 1.29 is 17.9 Å². The summed E-state index contributed by atoms with van der Waals surface area (Å²) >= 11 is 0. The first-order chi connectivity index (χ1) is 14.9. The van der Waals surface area contributed by atoms with E-state index in [4.69, 9.17) is 4.74 Å². The van der Waals surface area contributed by atoms with Crippen molar-refractivity contribution in [2.45, 2.75) is 25.2 Å². The highest BCUT2D eigenvalue weighted by atomic mass is 19.4. The van der Waals surface area contributed by atoms with Crippen LogP contribution in [0.4, 0.5) is 19.1 Å². The van der Waals surface area contributed by atoms with Crippen molar-refractivity contribution in [1.29, 1.82) is 0 Å². The summed E-state index contributed by atoms with van der Waals surface area (Å²) in [4.78, 5) is 14.2. The van der Waals surface area contributed by atoms with Gasteiger partial charge >= 0.3 is 6.18 Å². The van der Waals surface area contributed by atoms with Crippen molar-refractivity contribution in [2.24, 2.45) is 0 Å². The number of likely N-dealkylation sites (N-methyl/N-ethyl adjacent to an activating group) is 1. The second-order valence-corrected chi connectivity index (χ2v) is 7.47. The zero-order chi connectivity index (χ0) is 21.8. The topological polar surface area (TPSA) is 63.2 Å². The molecule has 6 nitrogen and oxygen atoms in total. The molecule has 162 valence electrons. The normalized spacial score (nSPS) is 17.0. The average Bonchev–Trinajstić information content (AvgIpc) is 3.17. The molecular weight excluding hydrogens is 407 g/mol. The lowest BCUT2D eigenvalue weighted by atomic mass is 10.1. The van der Waals surface area contributed by atoms with E-state index in [2.05, 4.69) is 20.3 Å². The molecule has 0 aliphatic carbocycles. The van der Waals surface area contributed by atoms with Gasteiger partial charge in [0.25, 0.3) is 0 Å². The quantitative estimate of drug-likeness (QED) is 0.632. The molecule has 9 heteroatoms. The summed E-state index contributed by atoms with van der Waals surface area (Å²) < 4.78 is 45.7. The molecule has 0 radical (unpaired) electrons. The van der Waals surface area contributed by atoms with Gasteiger partial charge < -0.3 is 15.0 Å². The second-order valence-electron chi connectivity index (χ2n) is 7.47. The average molecular weight is 429 g/mol. The minimum Gasteiger partial charge on any atom is -0.472 e. The first kappa shape index (κ1) is 21.0. The van der Waals surface area contributed by atoms with Crippen molar-refractivity contribution in [3.63, 3.8) is 0 Å². The Balaban J connectivity index is 1.46. The molecular formula is C22H22F3N5O. The highest BCUT2D eigenvalue weighted by molar-refractivity contribution is 5.59. The Morgan fingerprint density at radius 2 is 1.94 bits per heavy atom. The van der Waals surface area contributed by atoms with Gasteiger partial charge in [-0.2, -0.15) is 18.2 Å². The van der Waals surface area contributed by atoms with Crippen LogP contribution in [0, 0.1) is 0 Å². The Bertz CT molecular complexity index is 1010. The van der Waals surface area contributed by atoms with Crippen LogP contribution in [0.1, 0.15) is 17.5 Å². The fourth-order valence-corrected chi connectivity index (χ4v) is 3.39. The van der Waals surface area contributed by atoms with Gasteiger partial charge in [0.2, 0.25) is 11.8 Å². The second kappa shape index (κ2) is 8.89. The van der Waals surface area contributed by atoms with Gasteiger partial charge in [-0.25, -0.2) is 4.98 Å². The molecule has 31 heavy (non-hydrogen) atoms. The third-order valence-corrected chi connectivity index (χ3v) is 5.05. The Morgan fingerprint density at radius 3 is 2.58 bits per heavy atom. The maximum atomic E-state index is 13.4. The fraction of sp³-hybridized carbons (Fsp3) is 0.318. The molecule has 1 N–H and O–H groups in total. The fourth-order valence-electron chi connectivity index (χ4n) is 3.39. The molecule has 1 saturated heterocycles. The molecule has 2 aromatic heterocycles. The zero-order valence-electron chi connectivity index (χ0n) is 16.9. The summed E-state index contributed by atoms with van der Waals surface area (Å²) in [7, 11) is 1.90. The minimum atomic E-state index is -4.58. The van der Waals surface area contributed by atoms with Crippen LogP contribution >= 0.6 is 0 Å². The molecule has 3 heterocycles. The monoisotopic (exact) mass is 429 g/mol. The van der Waals surface area contributed by atoms with Gasteiger partial charge in [-0.15, -0.1) is 0 Å². The van der Waals surface area contributed by atoms with Crippen LogP contribution < -0.4 is 10.1 Å². The van der Waals surface area contributed by atoms with Crippen molar-refractivity contribution in [1.82, 2.24) is 19.9 Å². The molecule has 1 aliphatic heterocycles. The number of nitrogens with zero attached hydrogens (tertiary/aromatic N) is 4. The number of pyridine rings is 1. The van der Waals surface area contributed by atoms with Gasteiger partial charge in [-0.05, 0) is 31.2 Å². The standard InChI is InChI=1S/C22H22F3N5O/c1-30-11-9-17(14-30)31-20-18(22(23,24)25)13-28-21(29-20)27-12-15-5-7-16(8-6-15)19-4-2-3-10-26-19/h2-8,10,13,17H,9,11-12,14H2,1H3,(H,27,28,29)/t17-/m1/s1. The van der Waals surface area contributed by atoms with Crippen molar-refractivity contribution >= 4 is 5.95 Å². The van der Waals surface area contributed by atoms with E-state index in [0.29, 0.717) is 19.5 Å². The first-order valence-corrected chi connectivity index (χ1v) is 9.92. The van der Waals surface area contributed by atoms with Gasteiger partial charge in [-0.3, -0.25) is 4.98 Å². The number of rotatable bonds is 6. The predicted molar refractivity (Wildman–Crippen MR) is 111 cm³/mol. The Labute approximate surface area is 178 Å². The molecule has 1 aliphatic rings. The molecule has 0 bridgehead atoms. The Hall–Kier alpha value is -3.20. The number of halogens is 3. The molecule has 1 aromatic carbocycles. The van der Waals surface area contributed by atoms with Gasteiger partial charge in [0.1, 0.15) is 11.7 Å². The highest BCUT2D eigenvalue weighted by Gasteiger charge is 2.37. The van der Waals surface area contributed by atoms with E-state index in [-0.39, 0.29) is 12.1 Å². The lowest BCUT2D eigenvalue weighted by Gasteiger charge is -2.18. The number of likely N-dealkylation sites (tertiary alicyclic amines) is 1. The molecule has 0 spiro atoms. The zero-order valence-corrected chi connectivity index (χ0v) is 16.9. The van der Waals surface area contributed by atoms with Crippen LogP contribution in [0.5, 0.6) is 5.88 Å². The van der Waals surface area contributed by atoms with E-state index in [9.17, 15) is 13.2 Å². The number of hydrogen-bond acceptors (Lipinski definition) is 6. The van der Waals surface area contributed by atoms with Crippen molar-refractivity contribution in [2.75, 3.05) is 25.5 Å². The van der Waals surface area contributed by atoms with Crippen LogP contribution in [-0.2, 0) is 12.7 Å². The van der Waals surface area contributed by atoms with E-state index in [1.54, 1.807) is 6.20 Å². The van der Waals surface area contributed by atoms with Crippen LogP contribution in [0.3, 0.4) is 0 Å². The maximum Gasteiger partial charge on any atom is 0.423 e.